The van der Waals surface area contributed by atoms with Crippen LogP contribution in [0.3, 0.4) is 0 Å². The molecule has 0 atom stereocenters. The predicted molar refractivity (Wildman–Crippen MR) is 198 cm³/mol. The Bertz CT molecular complexity index is 1990. The minimum atomic E-state index is 0.727. The van der Waals surface area contributed by atoms with Gasteiger partial charge in [0.05, 0.1) is 91.8 Å². The van der Waals surface area contributed by atoms with Crippen molar-refractivity contribution in [1.29, 1.82) is 0 Å². The first-order valence-electron chi connectivity index (χ1n) is 12.2. The fraction of sp³-hybridized carbons (Fsp3) is 0.103. The van der Waals surface area contributed by atoms with E-state index in [1.807, 2.05) is 12.1 Å². The van der Waals surface area contributed by atoms with Gasteiger partial charge in [0.25, 0.3) is 0 Å². The van der Waals surface area contributed by atoms with Crippen LogP contribution in [-0.4, -0.2) is 41.1 Å². The topological polar surface area (TPSA) is 57.4 Å². The van der Waals surface area contributed by atoms with Crippen LogP contribution < -0.4 is 4.48 Å². The van der Waals surface area contributed by atoms with Crippen LogP contribution in [0.15, 0.2) is 61.9 Å². The zero-order valence-electron chi connectivity index (χ0n) is 21.6. The first-order valence-corrected chi connectivity index (χ1v) is 17.7. The fourth-order valence-electron chi connectivity index (χ4n) is 4.64. The molecule has 0 amide bonds. The van der Waals surface area contributed by atoms with Gasteiger partial charge >= 0.3 is 0 Å². The van der Waals surface area contributed by atoms with Crippen LogP contribution in [0.4, 0.5) is 5.69 Å². The van der Waals surface area contributed by atoms with Gasteiger partial charge in [0, 0.05) is 11.1 Å². The molecule has 8 bridgehead atoms. The average molecular weight is 997 g/mol. The van der Waals surface area contributed by atoms with Crippen molar-refractivity contribution in [3.63, 3.8) is 0 Å². The molecule has 4 aromatic rings. The molecule has 2 aliphatic heterocycles. The largest absolute Gasteiger partial charge is 0.354 e. The van der Waals surface area contributed by atoms with Gasteiger partial charge in [-0.1, -0.05) is 0 Å². The van der Waals surface area contributed by atoms with E-state index in [9.17, 15) is 0 Å². The van der Waals surface area contributed by atoms with Crippen LogP contribution in [0.1, 0.15) is 22.8 Å². The van der Waals surface area contributed by atoms with Gasteiger partial charge in [0.15, 0.2) is 0 Å². The van der Waals surface area contributed by atoms with Crippen LogP contribution in [-0.2, 0) is 0 Å². The lowest BCUT2D eigenvalue weighted by molar-refractivity contribution is 0.486. The number of halogens is 7. The van der Waals surface area contributed by atoms with Crippen molar-refractivity contribution in [3.8, 4) is 11.1 Å². The van der Waals surface area contributed by atoms with Gasteiger partial charge in [0.2, 0.25) is 0 Å². The summed E-state index contributed by atoms with van der Waals surface area (Å²) in [6.07, 6.45) is 0. The zero-order valence-corrected chi connectivity index (χ0v) is 32.7. The number of H-pyrrole nitrogens is 2. The number of fused-ring (bicyclic) bond motifs is 8. The summed E-state index contributed by atoms with van der Waals surface area (Å²) in [5, 5.41) is 0. The van der Waals surface area contributed by atoms with E-state index in [0.29, 0.717) is 0 Å². The minimum absolute atomic E-state index is 0.727. The van der Waals surface area contributed by atoms with E-state index < -0.39 is 0 Å². The molecule has 0 saturated carbocycles. The van der Waals surface area contributed by atoms with Crippen molar-refractivity contribution in [3.05, 3.63) is 84.7 Å². The monoisotopic (exact) mass is 990 g/mol. The minimum Gasteiger partial charge on any atom is -0.354 e. The maximum Gasteiger partial charge on any atom is 0.132 e. The number of aromatic amines is 2. The standard InChI is InChI=1S/C29H19Br7N5/c1-41(2,3)13-6-4-12(5-7-13)18-14-8-9-15(37-14)19(30)28-24(35)25(36)29(40-28)21(32)17-11-10-16(38-17)20(31)27-23(34)22(33)26(18)39-27/h4-11,37-38H,1-3H3/q+1. The second kappa shape index (κ2) is 11.3. The maximum absolute atomic E-state index is 5.17. The Hall–Kier alpha value is -0.860. The highest BCUT2D eigenvalue weighted by atomic mass is 79.9. The summed E-state index contributed by atoms with van der Waals surface area (Å²) in [4.78, 5) is 17.3. The lowest BCUT2D eigenvalue weighted by atomic mass is 10.0. The summed E-state index contributed by atoms with van der Waals surface area (Å²) in [5.74, 6) is 0. The van der Waals surface area contributed by atoms with Crippen molar-refractivity contribution in [1.82, 2.24) is 24.4 Å². The van der Waals surface area contributed by atoms with Crippen molar-refractivity contribution in [2.75, 3.05) is 21.1 Å². The van der Waals surface area contributed by atoms with E-state index in [1.165, 1.54) is 5.69 Å². The number of benzene rings is 1. The normalized spacial score (nSPS) is 13.9. The Morgan fingerprint density at radius 2 is 0.854 bits per heavy atom. The number of nitrogens with one attached hydrogen (secondary N) is 2. The van der Waals surface area contributed by atoms with Gasteiger partial charge in [0.1, 0.15) is 5.69 Å². The predicted octanol–water partition coefficient (Wildman–Crippen LogP) is 11.7. The van der Waals surface area contributed by atoms with Crippen LogP contribution in [0.5, 0.6) is 0 Å². The number of quaternary nitrogens is 1. The molecule has 0 unspecified atom stereocenters. The van der Waals surface area contributed by atoms with Crippen molar-refractivity contribution < 1.29 is 0 Å². The van der Waals surface area contributed by atoms with E-state index in [0.717, 1.165) is 91.8 Å². The molecule has 12 heteroatoms. The van der Waals surface area contributed by atoms with Gasteiger partial charge in [-0.05, 0) is 166 Å². The van der Waals surface area contributed by atoms with E-state index in [1.54, 1.807) is 0 Å². The van der Waals surface area contributed by atoms with Crippen LogP contribution >= 0.6 is 112 Å². The molecule has 0 radical (unpaired) electrons. The third kappa shape index (κ3) is 5.28. The van der Waals surface area contributed by atoms with Gasteiger partial charge in [-0.25, -0.2) is 9.97 Å². The smallest absolute Gasteiger partial charge is 0.132 e. The van der Waals surface area contributed by atoms with E-state index in [4.69, 9.17) is 9.97 Å². The van der Waals surface area contributed by atoms with Crippen molar-refractivity contribution in [2.45, 2.75) is 0 Å². The molecule has 2 N–H and O–H groups in total. The molecule has 3 aromatic heterocycles. The summed E-state index contributed by atoms with van der Waals surface area (Å²) in [6, 6.07) is 16.8. The molecule has 0 aliphatic carbocycles. The summed E-state index contributed by atoms with van der Waals surface area (Å²) < 4.78 is 6.64. The van der Waals surface area contributed by atoms with Gasteiger partial charge in [-0.3, -0.25) is 4.48 Å². The van der Waals surface area contributed by atoms with Crippen LogP contribution in [0.25, 0.3) is 51.1 Å². The molecular weight excluding hydrogens is 978 g/mol. The number of nitrogens with zero attached hydrogens (tertiary/aromatic N) is 3. The number of rotatable bonds is 2. The quantitative estimate of drug-likeness (QED) is 0.197. The van der Waals surface area contributed by atoms with Gasteiger partial charge in [-0.15, -0.1) is 0 Å². The van der Waals surface area contributed by atoms with Crippen LogP contribution in [0, 0.1) is 0 Å². The Kier molecular flexibility index (Phi) is 8.28. The molecule has 1 aromatic carbocycles. The third-order valence-electron chi connectivity index (χ3n) is 6.81. The molecule has 208 valence electrons. The van der Waals surface area contributed by atoms with Crippen molar-refractivity contribution >= 4 is 157 Å². The first-order chi connectivity index (χ1) is 19.4. The second-order valence-corrected chi connectivity index (χ2v) is 15.9. The zero-order chi connectivity index (χ0) is 29.4. The summed E-state index contributed by atoms with van der Waals surface area (Å²) >= 11 is 26.6. The first kappa shape index (κ1) is 30.2. The summed E-state index contributed by atoms with van der Waals surface area (Å²) in [5.41, 5.74) is 9.93. The molecule has 0 fully saturated rings. The molecule has 0 saturated heterocycles. The van der Waals surface area contributed by atoms with Crippen molar-refractivity contribution in [2.24, 2.45) is 0 Å². The highest BCUT2D eigenvalue weighted by Crippen LogP contribution is 2.47. The lowest BCUT2D eigenvalue weighted by Crippen LogP contribution is -2.34. The number of hydrogen-bond donors (Lipinski definition) is 2. The Morgan fingerprint density at radius 3 is 1.29 bits per heavy atom. The summed E-state index contributed by atoms with van der Waals surface area (Å²) in [7, 11) is 6.48. The van der Waals surface area contributed by atoms with E-state index in [2.05, 4.69) is 179 Å². The third-order valence-corrected chi connectivity index (χ3v) is 13.4. The average Bonchev–Trinajstić information content (AvgIpc) is 3.73. The Morgan fingerprint density at radius 1 is 0.488 bits per heavy atom. The molecule has 41 heavy (non-hydrogen) atoms. The highest BCUT2D eigenvalue weighted by molar-refractivity contribution is 9.18. The summed E-state index contributed by atoms with van der Waals surface area (Å²) in [6.45, 7) is 0. The molecule has 2 aliphatic rings. The van der Waals surface area contributed by atoms with Gasteiger partial charge < -0.3 is 9.97 Å². The van der Waals surface area contributed by atoms with Crippen LogP contribution in [0.2, 0.25) is 0 Å². The SMILES string of the molecule is C[N+](C)(C)c1ccc(-c2c3nc(c(Br)c4ccc([nH]4)c(Br)c4nc(c(Br)c5ccc2[nH]5)C(Br)=C4Br)C(Br)=C3Br)cc1. The van der Waals surface area contributed by atoms with Gasteiger partial charge in [-0.2, -0.15) is 0 Å². The lowest BCUT2D eigenvalue weighted by Gasteiger charge is -2.23. The molecule has 5 heterocycles. The fourth-order valence-corrected chi connectivity index (χ4v) is 8.89. The molecule has 6 rings (SSSR count). The number of hydrogen-bond acceptors (Lipinski definition) is 2. The molecule has 0 spiro atoms. The van der Waals surface area contributed by atoms with E-state index in [-0.39, 0.29) is 0 Å². The Labute approximate surface area is 295 Å². The molecule has 5 nitrogen and oxygen atoms in total. The maximum atomic E-state index is 5.17. The van der Waals surface area contributed by atoms with E-state index >= 15 is 0 Å². The number of aromatic nitrogens is 4. The highest BCUT2D eigenvalue weighted by Gasteiger charge is 2.26. The Balaban J connectivity index is 1.80. The second-order valence-electron chi connectivity index (χ2n) is 10.3. The molecular formula is C29H19Br7N5+.